The van der Waals surface area contributed by atoms with Gasteiger partial charge in [-0.1, -0.05) is 23.1 Å². The maximum Gasteiger partial charge on any atom is 0.251 e. The molecule has 0 radical (unpaired) electrons. The fourth-order valence-electron chi connectivity index (χ4n) is 1.80. The lowest BCUT2D eigenvalue weighted by Crippen LogP contribution is -2.22. The Labute approximate surface area is 123 Å². The molecule has 2 N–H and O–H groups in total. The summed E-state index contributed by atoms with van der Waals surface area (Å²) in [6.45, 7) is 3.80. The van der Waals surface area contributed by atoms with E-state index in [1.54, 1.807) is 18.2 Å². The molecule has 1 amide bonds. The lowest BCUT2D eigenvalue weighted by Gasteiger charge is -2.05. The normalized spacial score (nSPS) is 9.86. The van der Waals surface area contributed by atoms with Gasteiger partial charge >= 0.3 is 0 Å². The third-order valence-corrected chi connectivity index (χ3v) is 2.90. The zero-order valence-corrected chi connectivity index (χ0v) is 11.9. The summed E-state index contributed by atoms with van der Waals surface area (Å²) in [5.74, 6) is 5.80. The van der Waals surface area contributed by atoms with Crippen LogP contribution in [0.3, 0.4) is 0 Å². The van der Waals surface area contributed by atoms with Crippen LogP contribution >= 0.6 is 0 Å². The van der Waals surface area contributed by atoms with Crippen molar-refractivity contribution in [2.45, 2.75) is 20.4 Å². The molecule has 5 nitrogen and oxygen atoms in total. The Morgan fingerprint density at radius 2 is 2.19 bits per heavy atom. The SMILES string of the molecule is Cc1cc(CNC(=O)c2ccc(C)c(C#CCO)c2)on1. The molecule has 0 aliphatic rings. The molecule has 0 saturated carbocycles. The summed E-state index contributed by atoms with van der Waals surface area (Å²) in [7, 11) is 0. The number of aromatic nitrogens is 1. The Balaban J connectivity index is 2.08. The monoisotopic (exact) mass is 284 g/mol. The van der Waals surface area contributed by atoms with Gasteiger partial charge in [-0.2, -0.15) is 0 Å². The van der Waals surface area contributed by atoms with E-state index in [1.165, 1.54) is 0 Å². The zero-order valence-electron chi connectivity index (χ0n) is 11.9. The average molecular weight is 284 g/mol. The van der Waals surface area contributed by atoms with Gasteiger partial charge in [0, 0.05) is 17.2 Å². The maximum absolute atomic E-state index is 12.1. The fourth-order valence-corrected chi connectivity index (χ4v) is 1.80. The minimum absolute atomic E-state index is 0.208. The Kier molecular flexibility index (Phi) is 4.75. The lowest BCUT2D eigenvalue weighted by molar-refractivity contribution is 0.0947. The topological polar surface area (TPSA) is 75.4 Å². The highest BCUT2D eigenvalue weighted by Crippen LogP contribution is 2.10. The molecule has 0 spiro atoms. The van der Waals surface area contributed by atoms with Crippen LogP contribution in [0.5, 0.6) is 0 Å². The summed E-state index contributed by atoms with van der Waals surface area (Å²) in [6, 6.07) is 7.04. The van der Waals surface area contributed by atoms with Gasteiger partial charge in [-0.05, 0) is 31.5 Å². The predicted octanol–water partition coefficient (Wildman–Crippen LogP) is 1.57. The number of aliphatic hydroxyl groups is 1. The number of aryl methyl sites for hydroxylation is 2. The number of rotatable bonds is 3. The molecule has 108 valence electrons. The second-order valence-electron chi connectivity index (χ2n) is 4.61. The highest BCUT2D eigenvalue weighted by atomic mass is 16.5. The van der Waals surface area contributed by atoms with Gasteiger partial charge in [-0.3, -0.25) is 4.79 Å². The smallest absolute Gasteiger partial charge is 0.251 e. The second kappa shape index (κ2) is 6.73. The number of hydrogen-bond acceptors (Lipinski definition) is 4. The van der Waals surface area contributed by atoms with Gasteiger partial charge in [-0.25, -0.2) is 0 Å². The van der Waals surface area contributed by atoms with E-state index in [0.717, 1.165) is 16.8 Å². The summed E-state index contributed by atoms with van der Waals surface area (Å²) in [4.78, 5) is 12.1. The molecule has 0 aliphatic carbocycles. The number of nitrogens with one attached hydrogen (secondary N) is 1. The summed E-state index contributed by atoms with van der Waals surface area (Å²) >= 11 is 0. The molecule has 1 aromatic heterocycles. The molecule has 0 bridgehead atoms. The molecule has 2 aromatic rings. The van der Waals surface area contributed by atoms with Crippen LogP contribution in [0.1, 0.15) is 32.9 Å². The van der Waals surface area contributed by atoms with Crippen LogP contribution in [0.15, 0.2) is 28.8 Å². The summed E-state index contributed by atoms with van der Waals surface area (Å²) < 4.78 is 5.03. The molecular weight excluding hydrogens is 268 g/mol. The minimum atomic E-state index is -0.212. The van der Waals surface area contributed by atoms with Crippen molar-refractivity contribution < 1.29 is 14.4 Å². The van der Waals surface area contributed by atoms with Crippen molar-refractivity contribution >= 4 is 5.91 Å². The van der Waals surface area contributed by atoms with E-state index in [-0.39, 0.29) is 19.1 Å². The first-order chi connectivity index (χ1) is 10.1. The Bertz CT molecular complexity index is 708. The molecule has 2 rings (SSSR count). The number of amides is 1. The molecule has 5 heteroatoms. The van der Waals surface area contributed by atoms with Gasteiger partial charge in [-0.15, -0.1) is 0 Å². The Morgan fingerprint density at radius 1 is 1.38 bits per heavy atom. The predicted molar refractivity (Wildman–Crippen MR) is 77.6 cm³/mol. The van der Waals surface area contributed by atoms with Crippen LogP contribution in [0, 0.1) is 25.7 Å². The van der Waals surface area contributed by atoms with Crippen LogP contribution in [-0.2, 0) is 6.54 Å². The van der Waals surface area contributed by atoms with Crippen molar-refractivity contribution in [2.75, 3.05) is 6.61 Å². The summed E-state index contributed by atoms with van der Waals surface area (Å²) in [5, 5.41) is 15.3. The number of carbonyl (C=O) groups is 1. The van der Waals surface area contributed by atoms with E-state index < -0.39 is 0 Å². The van der Waals surface area contributed by atoms with Gasteiger partial charge < -0.3 is 14.9 Å². The molecule has 1 aromatic carbocycles. The molecule has 0 saturated heterocycles. The van der Waals surface area contributed by atoms with Crippen LogP contribution in [0.25, 0.3) is 0 Å². The largest absolute Gasteiger partial charge is 0.384 e. The van der Waals surface area contributed by atoms with E-state index in [2.05, 4.69) is 22.3 Å². The zero-order chi connectivity index (χ0) is 15.2. The first kappa shape index (κ1) is 14.8. The molecule has 0 aliphatic heterocycles. The van der Waals surface area contributed by atoms with Gasteiger partial charge in [0.15, 0.2) is 5.76 Å². The molecule has 0 fully saturated rings. The number of aliphatic hydroxyl groups excluding tert-OH is 1. The van der Waals surface area contributed by atoms with Crippen molar-refractivity contribution in [3.05, 3.63) is 52.4 Å². The molecule has 0 atom stereocenters. The van der Waals surface area contributed by atoms with Crippen molar-refractivity contribution in [3.63, 3.8) is 0 Å². The quantitative estimate of drug-likeness (QED) is 0.839. The van der Waals surface area contributed by atoms with E-state index in [4.69, 9.17) is 9.63 Å². The number of hydrogen-bond donors (Lipinski definition) is 2. The lowest BCUT2D eigenvalue weighted by atomic mass is 10.0. The fraction of sp³-hybridized carbons (Fsp3) is 0.250. The number of carbonyl (C=O) groups excluding carboxylic acids is 1. The second-order valence-corrected chi connectivity index (χ2v) is 4.61. The van der Waals surface area contributed by atoms with Gasteiger partial charge in [0.2, 0.25) is 0 Å². The molecule has 1 heterocycles. The highest BCUT2D eigenvalue weighted by molar-refractivity contribution is 5.94. The third-order valence-electron chi connectivity index (χ3n) is 2.90. The molecule has 0 unspecified atom stereocenters. The van der Waals surface area contributed by atoms with Gasteiger partial charge in [0.05, 0.1) is 12.2 Å². The number of nitrogens with zero attached hydrogens (tertiary/aromatic N) is 1. The highest BCUT2D eigenvalue weighted by Gasteiger charge is 2.08. The standard InChI is InChI=1S/C16H16N2O3/c1-11-5-6-14(9-13(11)4-3-7-19)16(20)17-10-15-8-12(2)18-21-15/h5-6,8-9,19H,7,10H2,1-2H3,(H,17,20). The van der Waals surface area contributed by atoms with Gasteiger partial charge in [0.1, 0.15) is 6.61 Å². The van der Waals surface area contributed by atoms with E-state index in [1.807, 2.05) is 19.9 Å². The van der Waals surface area contributed by atoms with Crippen molar-refractivity contribution in [2.24, 2.45) is 0 Å². The van der Waals surface area contributed by atoms with Crippen LogP contribution < -0.4 is 5.32 Å². The number of benzene rings is 1. The maximum atomic E-state index is 12.1. The van der Waals surface area contributed by atoms with Gasteiger partial charge in [0.25, 0.3) is 5.91 Å². The van der Waals surface area contributed by atoms with E-state index >= 15 is 0 Å². The Hall–Kier alpha value is -2.58. The van der Waals surface area contributed by atoms with Crippen molar-refractivity contribution in [1.29, 1.82) is 0 Å². The molecular formula is C16H16N2O3. The van der Waals surface area contributed by atoms with Crippen LogP contribution in [0.4, 0.5) is 0 Å². The molecule has 21 heavy (non-hydrogen) atoms. The first-order valence-corrected chi connectivity index (χ1v) is 6.51. The Morgan fingerprint density at radius 3 is 2.86 bits per heavy atom. The van der Waals surface area contributed by atoms with Crippen LogP contribution in [-0.4, -0.2) is 22.8 Å². The summed E-state index contributed by atoms with van der Waals surface area (Å²) in [6.07, 6.45) is 0. The van der Waals surface area contributed by atoms with Crippen LogP contribution in [0.2, 0.25) is 0 Å². The van der Waals surface area contributed by atoms with Crippen molar-refractivity contribution in [1.82, 2.24) is 10.5 Å². The van der Waals surface area contributed by atoms with E-state index in [0.29, 0.717) is 11.3 Å². The van der Waals surface area contributed by atoms with Crippen molar-refractivity contribution in [3.8, 4) is 11.8 Å². The minimum Gasteiger partial charge on any atom is -0.384 e. The van der Waals surface area contributed by atoms with E-state index in [9.17, 15) is 4.79 Å². The average Bonchev–Trinajstić information content (AvgIpc) is 2.89. The first-order valence-electron chi connectivity index (χ1n) is 6.51. The third kappa shape index (κ3) is 3.94. The summed E-state index contributed by atoms with van der Waals surface area (Å²) in [5.41, 5.74) is 2.97.